The van der Waals surface area contributed by atoms with E-state index in [9.17, 15) is 4.79 Å². The molecule has 0 saturated carbocycles. The van der Waals surface area contributed by atoms with Gasteiger partial charge in [0.2, 0.25) is 0 Å². The first-order chi connectivity index (χ1) is 9.33. The van der Waals surface area contributed by atoms with Gasteiger partial charge in [0.25, 0.3) is 0 Å². The summed E-state index contributed by atoms with van der Waals surface area (Å²) in [5, 5.41) is 2.83. The second kappa shape index (κ2) is 5.14. The van der Waals surface area contributed by atoms with Gasteiger partial charge in [-0.3, -0.25) is 0 Å². The summed E-state index contributed by atoms with van der Waals surface area (Å²) in [5.41, 5.74) is 3.50. The fourth-order valence-electron chi connectivity index (χ4n) is 2.31. The molecule has 0 aromatic heterocycles. The topological polar surface area (TPSA) is 38.3 Å². The van der Waals surface area contributed by atoms with E-state index >= 15 is 0 Å². The van der Waals surface area contributed by atoms with E-state index in [4.69, 9.17) is 4.74 Å². The standard InChI is InChI=1S/C16H15NO2/c18-16-17-15(10-11-19-16)14-8-6-13(7-9-14)12-4-2-1-3-5-12/h1-9,15H,10-11H2,(H,17,18)/t15-/m1/s1. The molecule has 96 valence electrons. The van der Waals surface area contributed by atoms with Gasteiger partial charge >= 0.3 is 6.09 Å². The Hall–Kier alpha value is -2.29. The Morgan fingerprint density at radius 1 is 0.947 bits per heavy atom. The highest BCUT2D eigenvalue weighted by Crippen LogP contribution is 2.24. The Bertz CT molecular complexity index is 563. The van der Waals surface area contributed by atoms with E-state index in [1.165, 1.54) is 11.1 Å². The van der Waals surface area contributed by atoms with Gasteiger partial charge in [0.1, 0.15) is 0 Å². The number of benzene rings is 2. The van der Waals surface area contributed by atoms with Crippen molar-refractivity contribution in [1.29, 1.82) is 0 Å². The molecule has 0 aliphatic carbocycles. The van der Waals surface area contributed by atoms with Gasteiger partial charge in [-0.15, -0.1) is 0 Å². The number of amides is 1. The van der Waals surface area contributed by atoms with Crippen molar-refractivity contribution in [3.63, 3.8) is 0 Å². The zero-order chi connectivity index (χ0) is 13.1. The van der Waals surface area contributed by atoms with Crippen molar-refractivity contribution >= 4 is 6.09 Å². The lowest BCUT2D eigenvalue weighted by Gasteiger charge is -2.23. The lowest BCUT2D eigenvalue weighted by molar-refractivity contribution is 0.115. The first-order valence-corrected chi connectivity index (χ1v) is 6.41. The smallest absolute Gasteiger partial charge is 0.407 e. The molecule has 19 heavy (non-hydrogen) atoms. The van der Waals surface area contributed by atoms with Crippen LogP contribution in [0.5, 0.6) is 0 Å². The Morgan fingerprint density at radius 2 is 1.63 bits per heavy atom. The van der Waals surface area contributed by atoms with E-state index in [0.29, 0.717) is 6.61 Å². The summed E-state index contributed by atoms with van der Waals surface area (Å²) in [5.74, 6) is 0. The monoisotopic (exact) mass is 253 g/mol. The van der Waals surface area contributed by atoms with Gasteiger partial charge in [0.15, 0.2) is 0 Å². The molecule has 3 rings (SSSR count). The van der Waals surface area contributed by atoms with Crippen molar-refractivity contribution in [2.24, 2.45) is 0 Å². The van der Waals surface area contributed by atoms with Crippen molar-refractivity contribution in [2.75, 3.05) is 6.61 Å². The van der Waals surface area contributed by atoms with Crippen LogP contribution in [0.3, 0.4) is 0 Å². The maximum atomic E-state index is 11.2. The Balaban J connectivity index is 1.81. The van der Waals surface area contributed by atoms with Gasteiger partial charge in [-0.2, -0.15) is 0 Å². The zero-order valence-electron chi connectivity index (χ0n) is 10.5. The molecule has 3 heteroatoms. The number of alkyl carbamates (subject to hydrolysis) is 1. The average molecular weight is 253 g/mol. The predicted molar refractivity (Wildman–Crippen MR) is 73.7 cm³/mol. The third kappa shape index (κ3) is 2.60. The molecule has 1 aliphatic rings. The molecule has 1 atom stereocenters. The molecule has 2 aromatic carbocycles. The number of carbonyl (C=O) groups is 1. The molecular weight excluding hydrogens is 238 g/mol. The Kier molecular flexibility index (Phi) is 3.19. The molecule has 0 bridgehead atoms. The summed E-state index contributed by atoms with van der Waals surface area (Å²) in [7, 11) is 0. The van der Waals surface area contributed by atoms with E-state index in [1.54, 1.807) is 0 Å². The molecule has 0 unspecified atom stereocenters. The van der Waals surface area contributed by atoms with Crippen LogP contribution in [0.4, 0.5) is 4.79 Å². The third-order valence-electron chi connectivity index (χ3n) is 3.35. The van der Waals surface area contributed by atoms with Crippen LogP contribution >= 0.6 is 0 Å². The number of ether oxygens (including phenoxy) is 1. The first-order valence-electron chi connectivity index (χ1n) is 6.41. The lowest BCUT2D eigenvalue weighted by atomic mass is 9.99. The lowest BCUT2D eigenvalue weighted by Crippen LogP contribution is -2.35. The first kappa shape index (κ1) is 11.8. The largest absolute Gasteiger partial charge is 0.449 e. The van der Waals surface area contributed by atoms with Gasteiger partial charge in [0.05, 0.1) is 12.6 Å². The van der Waals surface area contributed by atoms with Crippen molar-refractivity contribution in [3.8, 4) is 11.1 Å². The van der Waals surface area contributed by atoms with Gasteiger partial charge in [0, 0.05) is 6.42 Å². The molecule has 0 spiro atoms. The van der Waals surface area contributed by atoms with E-state index in [1.807, 2.05) is 18.2 Å². The van der Waals surface area contributed by atoms with E-state index in [-0.39, 0.29) is 12.1 Å². The number of carbonyl (C=O) groups excluding carboxylic acids is 1. The molecule has 3 nitrogen and oxygen atoms in total. The molecule has 1 aliphatic heterocycles. The fraction of sp³-hybridized carbons (Fsp3) is 0.188. The van der Waals surface area contributed by atoms with Crippen LogP contribution in [0.25, 0.3) is 11.1 Å². The van der Waals surface area contributed by atoms with Crippen LogP contribution in [0.15, 0.2) is 54.6 Å². The molecular formula is C16H15NO2. The Labute approximate surface area is 112 Å². The SMILES string of the molecule is O=C1N[C@@H](c2ccc(-c3ccccc3)cc2)CCO1. The second-order valence-corrected chi connectivity index (χ2v) is 4.61. The van der Waals surface area contributed by atoms with Gasteiger partial charge in [-0.25, -0.2) is 4.79 Å². The highest BCUT2D eigenvalue weighted by molar-refractivity contribution is 5.69. The summed E-state index contributed by atoms with van der Waals surface area (Å²) >= 11 is 0. The number of cyclic esters (lactones) is 1. The van der Waals surface area contributed by atoms with Gasteiger partial charge in [-0.1, -0.05) is 54.6 Å². The molecule has 0 radical (unpaired) electrons. The van der Waals surface area contributed by atoms with E-state index < -0.39 is 0 Å². The minimum absolute atomic E-state index is 0.0612. The number of hydrogen-bond acceptors (Lipinski definition) is 2. The second-order valence-electron chi connectivity index (χ2n) is 4.61. The van der Waals surface area contributed by atoms with Crippen molar-refractivity contribution < 1.29 is 9.53 Å². The quantitative estimate of drug-likeness (QED) is 0.889. The fourth-order valence-corrected chi connectivity index (χ4v) is 2.31. The number of hydrogen-bond donors (Lipinski definition) is 1. The highest BCUT2D eigenvalue weighted by atomic mass is 16.5. The Morgan fingerprint density at radius 3 is 2.32 bits per heavy atom. The average Bonchev–Trinajstić information content (AvgIpc) is 2.48. The van der Waals surface area contributed by atoms with Crippen LogP contribution < -0.4 is 5.32 Å². The predicted octanol–water partition coefficient (Wildman–Crippen LogP) is 3.52. The van der Waals surface area contributed by atoms with Crippen LogP contribution in [-0.4, -0.2) is 12.7 Å². The molecule has 1 heterocycles. The summed E-state index contributed by atoms with van der Waals surface area (Å²) < 4.78 is 4.87. The summed E-state index contributed by atoms with van der Waals surface area (Å²) in [6.45, 7) is 0.483. The van der Waals surface area contributed by atoms with Crippen molar-refractivity contribution in [2.45, 2.75) is 12.5 Å². The molecule has 1 amide bonds. The maximum absolute atomic E-state index is 11.2. The van der Waals surface area contributed by atoms with Crippen LogP contribution in [0.1, 0.15) is 18.0 Å². The number of nitrogens with one attached hydrogen (secondary N) is 1. The third-order valence-corrected chi connectivity index (χ3v) is 3.35. The van der Waals surface area contributed by atoms with Gasteiger partial charge < -0.3 is 10.1 Å². The molecule has 1 saturated heterocycles. The molecule has 1 fully saturated rings. The maximum Gasteiger partial charge on any atom is 0.407 e. The van der Waals surface area contributed by atoms with E-state index in [0.717, 1.165) is 12.0 Å². The molecule has 2 aromatic rings. The van der Waals surface area contributed by atoms with Crippen molar-refractivity contribution in [1.82, 2.24) is 5.32 Å². The molecule has 1 N–H and O–H groups in total. The van der Waals surface area contributed by atoms with Crippen LogP contribution in [0.2, 0.25) is 0 Å². The van der Waals surface area contributed by atoms with E-state index in [2.05, 4.69) is 41.7 Å². The zero-order valence-corrected chi connectivity index (χ0v) is 10.5. The van der Waals surface area contributed by atoms with Gasteiger partial charge in [-0.05, 0) is 16.7 Å². The summed E-state index contributed by atoms with van der Waals surface area (Å²) in [4.78, 5) is 11.2. The number of rotatable bonds is 2. The summed E-state index contributed by atoms with van der Waals surface area (Å²) in [6, 6.07) is 18.6. The van der Waals surface area contributed by atoms with Crippen LogP contribution in [-0.2, 0) is 4.74 Å². The summed E-state index contributed by atoms with van der Waals surface area (Å²) in [6.07, 6.45) is 0.486. The minimum Gasteiger partial charge on any atom is -0.449 e. The van der Waals surface area contributed by atoms with Crippen LogP contribution in [0, 0.1) is 0 Å². The highest BCUT2D eigenvalue weighted by Gasteiger charge is 2.20. The minimum atomic E-state index is -0.330. The van der Waals surface area contributed by atoms with Crippen molar-refractivity contribution in [3.05, 3.63) is 60.2 Å². The normalized spacial score (nSPS) is 18.5.